The number of aromatic nitrogens is 2. The van der Waals surface area contributed by atoms with Crippen LogP contribution in [-0.4, -0.2) is 23.1 Å². The maximum Gasteiger partial charge on any atom is 0.132 e. The summed E-state index contributed by atoms with van der Waals surface area (Å²) in [6, 6.07) is 7.88. The minimum atomic E-state index is 0.709. The quantitative estimate of drug-likeness (QED) is 0.553. The Morgan fingerprint density at radius 3 is 2.83 bits per heavy atom. The highest BCUT2D eigenvalue weighted by Gasteiger charge is 2.07. The van der Waals surface area contributed by atoms with Crippen LogP contribution in [0.5, 0.6) is 0 Å². The monoisotopic (exact) mass is 409 g/mol. The average Bonchev–Trinajstić information content (AvgIpc) is 3.02. The van der Waals surface area contributed by atoms with Gasteiger partial charge in [-0.05, 0) is 54.6 Å². The molecule has 2 aromatic rings. The minimum absolute atomic E-state index is 0.709. The first-order valence-electron chi connectivity index (χ1n) is 10.6. The summed E-state index contributed by atoms with van der Waals surface area (Å²) in [6.45, 7) is 7.96. The maximum atomic E-state index is 6.07. The summed E-state index contributed by atoms with van der Waals surface area (Å²) in [5.41, 5.74) is 4.84. The highest BCUT2D eigenvalue weighted by molar-refractivity contribution is 6.30. The van der Waals surface area contributed by atoms with Gasteiger partial charge in [-0.25, -0.2) is 9.97 Å². The molecule has 154 valence electrons. The second-order valence-corrected chi connectivity index (χ2v) is 7.08. The summed E-state index contributed by atoms with van der Waals surface area (Å²) in [6.07, 6.45) is 16.4. The van der Waals surface area contributed by atoms with Gasteiger partial charge in [0.1, 0.15) is 5.82 Å². The second kappa shape index (κ2) is 13.1. The van der Waals surface area contributed by atoms with Crippen molar-refractivity contribution in [3.63, 3.8) is 0 Å². The number of nitrogens with one attached hydrogen (secondary N) is 1. The van der Waals surface area contributed by atoms with Crippen molar-refractivity contribution in [3.8, 4) is 0 Å². The van der Waals surface area contributed by atoms with Gasteiger partial charge >= 0.3 is 0 Å². The molecule has 29 heavy (non-hydrogen) atoms. The van der Waals surface area contributed by atoms with Crippen molar-refractivity contribution in [1.29, 1.82) is 0 Å². The molecule has 0 aliphatic heterocycles. The predicted molar refractivity (Wildman–Crippen MR) is 125 cm³/mol. The van der Waals surface area contributed by atoms with E-state index in [9.17, 15) is 0 Å². The van der Waals surface area contributed by atoms with E-state index in [2.05, 4.69) is 53.7 Å². The Balaban J connectivity index is 0.00000145. The molecule has 1 N–H and O–H groups in total. The van der Waals surface area contributed by atoms with Crippen LogP contribution in [-0.2, 0) is 19.3 Å². The third-order valence-electron chi connectivity index (χ3n) is 4.56. The first kappa shape index (κ1) is 23.1. The molecule has 3 rings (SSSR count). The van der Waals surface area contributed by atoms with Gasteiger partial charge < -0.3 is 5.32 Å². The Labute approximate surface area is 180 Å². The molecule has 0 spiro atoms. The zero-order valence-electron chi connectivity index (χ0n) is 17.8. The van der Waals surface area contributed by atoms with Gasteiger partial charge in [-0.2, -0.15) is 0 Å². The normalized spacial score (nSPS) is 12.8. The molecule has 0 unspecified atom stereocenters. The molecule has 1 heterocycles. The molecule has 0 saturated carbocycles. The number of nitrogens with zero attached hydrogens (tertiary/aromatic N) is 2. The van der Waals surface area contributed by atoms with E-state index < -0.39 is 0 Å². The van der Waals surface area contributed by atoms with Gasteiger partial charge in [0.05, 0.1) is 0 Å². The number of rotatable bonds is 8. The molecule has 0 saturated heterocycles. The van der Waals surface area contributed by atoms with Crippen LogP contribution in [0.1, 0.15) is 49.8 Å². The SMILES string of the molecule is CC.CCc1nc(Cc2cccc(Cl)c2)ncc1CCNCC1=CCC=CC=C1. The van der Waals surface area contributed by atoms with E-state index in [0.29, 0.717) is 6.42 Å². The summed E-state index contributed by atoms with van der Waals surface area (Å²) in [5, 5.41) is 4.28. The molecule has 1 aromatic carbocycles. The van der Waals surface area contributed by atoms with Gasteiger partial charge in [0, 0.05) is 29.9 Å². The van der Waals surface area contributed by atoms with Crippen LogP contribution >= 0.6 is 11.6 Å². The van der Waals surface area contributed by atoms with E-state index in [0.717, 1.165) is 54.5 Å². The van der Waals surface area contributed by atoms with Crippen LogP contribution in [0.4, 0.5) is 0 Å². The lowest BCUT2D eigenvalue weighted by molar-refractivity contribution is 0.720. The Bertz CT molecular complexity index is 853. The molecule has 4 heteroatoms. The molecule has 0 bridgehead atoms. The molecule has 0 amide bonds. The molecule has 1 aromatic heterocycles. The maximum absolute atomic E-state index is 6.07. The Morgan fingerprint density at radius 1 is 1.17 bits per heavy atom. The van der Waals surface area contributed by atoms with Crippen LogP contribution < -0.4 is 5.32 Å². The van der Waals surface area contributed by atoms with E-state index in [1.807, 2.05) is 38.2 Å². The molecule has 3 nitrogen and oxygen atoms in total. The highest BCUT2D eigenvalue weighted by atomic mass is 35.5. The first-order valence-corrected chi connectivity index (χ1v) is 10.9. The third kappa shape index (κ3) is 7.96. The molecule has 1 aliphatic rings. The number of halogens is 1. The average molecular weight is 410 g/mol. The zero-order chi connectivity index (χ0) is 20.9. The number of allylic oxidation sites excluding steroid dienone is 4. The predicted octanol–water partition coefficient (Wildman–Crippen LogP) is 5.88. The van der Waals surface area contributed by atoms with Crippen molar-refractivity contribution >= 4 is 11.6 Å². The minimum Gasteiger partial charge on any atom is -0.312 e. The van der Waals surface area contributed by atoms with E-state index >= 15 is 0 Å². The first-order chi connectivity index (χ1) is 14.2. The summed E-state index contributed by atoms with van der Waals surface area (Å²) >= 11 is 6.07. The van der Waals surface area contributed by atoms with Gasteiger partial charge in [0.2, 0.25) is 0 Å². The van der Waals surface area contributed by atoms with E-state index in [-0.39, 0.29) is 0 Å². The molecule has 1 aliphatic carbocycles. The lowest BCUT2D eigenvalue weighted by Gasteiger charge is -2.10. The Hall–Kier alpha value is -2.23. The van der Waals surface area contributed by atoms with Crippen molar-refractivity contribution < 1.29 is 0 Å². The number of hydrogen-bond donors (Lipinski definition) is 1. The summed E-state index contributed by atoms with van der Waals surface area (Å²) in [7, 11) is 0. The van der Waals surface area contributed by atoms with E-state index in [4.69, 9.17) is 16.6 Å². The lowest BCUT2D eigenvalue weighted by Crippen LogP contribution is -2.20. The third-order valence-corrected chi connectivity index (χ3v) is 4.80. The smallest absolute Gasteiger partial charge is 0.132 e. The van der Waals surface area contributed by atoms with Crippen molar-refractivity contribution in [2.75, 3.05) is 13.1 Å². The fourth-order valence-corrected chi connectivity index (χ4v) is 3.34. The van der Waals surface area contributed by atoms with Crippen LogP contribution in [0.25, 0.3) is 0 Å². The van der Waals surface area contributed by atoms with Crippen molar-refractivity contribution in [2.45, 2.75) is 46.5 Å². The van der Waals surface area contributed by atoms with Gasteiger partial charge in [0.25, 0.3) is 0 Å². The van der Waals surface area contributed by atoms with Gasteiger partial charge in [-0.3, -0.25) is 0 Å². The van der Waals surface area contributed by atoms with Gasteiger partial charge in [0.15, 0.2) is 0 Å². The van der Waals surface area contributed by atoms with Crippen molar-refractivity contribution in [2.24, 2.45) is 0 Å². The number of benzene rings is 1. The Morgan fingerprint density at radius 2 is 2.03 bits per heavy atom. The van der Waals surface area contributed by atoms with Gasteiger partial charge in [-0.15, -0.1) is 0 Å². The van der Waals surface area contributed by atoms with Crippen molar-refractivity contribution in [1.82, 2.24) is 15.3 Å². The summed E-state index contributed by atoms with van der Waals surface area (Å²) in [5.74, 6) is 0.854. The van der Waals surface area contributed by atoms with Crippen LogP contribution in [0, 0.1) is 0 Å². The molecule has 0 radical (unpaired) electrons. The fraction of sp³-hybridized carbons (Fsp3) is 0.360. The fourth-order valence-electron chi connectivity index (χ4n) is 3.12. The second-order valence-electron chi connectivity index (χ2n) is 6.65. The zero-order valence-corrected chi connectivity index (χ0v) is 18.5. The van der Waals surface area contributed by atoms with Crippen LogP contribution in [0.3, 0.4) is 0 Å². The topological polar surface area (TPSA) is 37.8 Å². The molecule has 0 fully saturated rings. The molecular weight excluding hydrogens is 378 g/mol. The molecule has 0 atom stereocenters. The summed E-state index contributed by atoms with van der Waals surface area (Å²) < 4.78 is 0. The lowest BCUT2D eigenvalue weighted by atomic mass is 10.1. The molecular formula is C25H32ClN3. The summed E-state index contributed by atoms with van der Waals surface area (Å²) in [4.78, 5) is 9.36. The Kier molecular flexibility index (Phi) is 10.4. The van der Waals surface area contributed by atoms with Gasteiger partial charge in [-0.1, -0.05) is 74.9 Å². The van der Waals surface area contributed by atoms with E-state index in [1.54, 1.807) is 0 Å². The van der Waals surface area contributed by atoms with Crippen LogP contribution in [0.2, 0.25) is 5.02 Å². The van der Waals surface area contributed by atoms with Crippen LogP contribution in [0.15, 0.2) is 66.4 Å². The number of hydrogen-bond acceptors (Lipinski definition) is 3. The van der Waals surface area contributed by atoms with Crippen molar-refractivity contribution in [3.05, 3.63) is 94.1 Å². The highest BCUT2D eigenvalue weighted by Crippen LogP contribution is 2.14. The van der Waals surface area contributed by atoms with E-state index in [1.165, 1.54) is 11.1 Å². The number of aryl methyl sites for hydroxylation is 1. The largest absolute Gasteiger partial charge is 0.312 e. The standard InChI is InChI=1S/C23H26ClN3.C2H6/c1-2-22-20(12-13-25-16-18-8-5-3-4-6-9-18)17-26-23(27-22)15-19-10-7-11-21(24)14-19;1-2/h3-5,7-11,14,17,25H,2,6,12-13,15-16H2,1H3;1-2H3.